The number of methoxy groups -OCH3 is 1. The molecule has 6 nitrogen and oxygen atoms in total. The molecule has 0 saturated heterocycles. The molecule has 0 aliphatic rings. The van der Waals surface area contributed by atoms with E-state index in [-0.39, 0.29) is 23.3 Å². The van der Waals surface area contributed by atoms with Crippen LogP contribution in [0.25, 0.3) is 0 Å². The van der Waals surface area contributed by atoms with E-state index in [1.807, 2.05) is 31.2 Å². The lowest BCUT2D eigenvalue weighted by Crippen LogP contribution is -2.28. The maximum absolute atomic E-state index is 13.0. The molecule has 0 spiro atoms. The van der Waals surface area contributed by atoms with Gasteiger partial charge in [0, 0.05) is 11.3 Å². The van der Waals surface area contributed by atoms with Gasteiger partial charge < -0.3 is 10.1 Å². The third kappa shape index (κ3) is 5.82. The summed E-state index contributed by atoms with van der Waals surface area (Å²) in [5, 5.41) is 2.94. The molecule has 0 radical (unpaired) electrons. The van der Waals surface area contributed by atoms with Crippen molar-refractivity contribution in [2.75, 3.05) is 11.8 Å². The number of hydrogen-bond donors (Lipinski definition) is 2. The van der Waals surface area contributed by atoms with E-state index < -0.39 is 15.8 Å². The number of hydrogen-bond acceptors (Lipinski definition) is 4. The van der Waals surface area contributed by atoms with Crippen LogP contribution in [0, 0.1) is 5.82 Å². The van der Waals surface area contributed by atoms with Crippen LogP contribution in [0.15, 0.2) is 77.7 Å². The molecule has 0 fully saturated rings. The van der Waals surface area contributed by atoms with Crippen LogP contribution in [0.3, 0.4) is 0 Å². The lowest BCUT2D eigenvalue weighted by Gasteiger charge is -2.17. The van der Waals surface area contributed by atoms with Crippen LogP contribution in [0.5, 0.6) is 5.75 Å². The number of sulfonamides is 1. The quantitative estimate of drug-likeness (QED) is 0.551. The molecule has 0 aromatic heterocycles. The Morgan fingerprint density at radius 3 is 2.29 bits per heavy atom. The highest BCUT2D eigenvalue weighted by Gasteiger charge is 2.16. The maximum Gasteiger partial charge on any atom is 0.261 e. The number of anilines is 1. The Bertz CT molecular complexity index is 1150. The number of para-hydroxylation sites is 1. The molecule has 0 aliphatic carbocycles. The minimum Gasteiger partial charge on any atom is -0.496 e. The van der Waals surface area contributed by atoms with Gasteiger partial charge in [0.2, 0.25) is 5.91 Å². The zero-order valence-electron chi connectivity index (χ0n) is 17.1. The SMILES string of the molecule is COc1ccccc1[C@H](C)NC(=O)Cc1ccc(NS(=O)(=O)c2ccc(F)cc2)cc1. The summed E-state index contributed by atoms with van der Waals surface area (Å²) in [5.74, 6) is 0.0211. The predicted octanol–water partition coefficient (Wildman–Crippen LogP) is 4.06. The largest absolute Gasteiger partial charge is 0.496 e. The fourth-order valence-electron chi connectivity index (χ4n) is 3.10. The highest BCUT2D eigenvalue weighted by atomic mass is 32.2. The predicted molar refractivity (Wildman–Crippen MR) is 117 cm³/mol. The first-order valence-corrected chi connectivity index (χ1v) is 11.1. The van der Waals surface area contributed by atoms with Crippen LogP contribution < -0.4 is 14.8 Å². The molecule has 3 rings (SSSR count). The fourth-order valence-corrected chi connectivity index (χ4v) is 4.16. The molecule has 0 aliphatic heterocycles. The Morgan fingerprint density at radius 1 is 1.00 bits per heavy atom. The normalized spacial score (nSPS) is 12.1. The van der Waals surface area contributed by atoms with Crippen LogP contribution in [0.4, 0.5) is 10.1 Å². The highest BCUT2D eigenvalue weighted by Crippen LogP contribution is 2.24. The summed E-state index contributed by atoms with van der Waals surface area (Å²) in [6.45, 7) is 1.88. The van der Waals surface area contributed by atoms with Crippen molar-refractivity contribution < 1.29 is 22.3 Å². The van der Waals surface area contributed by atoms with Gasteiger partial charge in [0.05, 0.1) is 24.5 Å². The van der Waals surface area contributed by atoms with Gasteiger partial charge in [-0.05, 0) is 55.0 Å². The average Bonchev–Trinajstić information content (AvgIpc) is 2.75. The van der Waals surface area contributed by atoms with E-state index in [4.69, 9.17) is 4.74 Å². The van der Waals surface area contributed by atoms with Crippen molar-refractivity contribution in [3.8, 4) is 5.75 Å². The number of halogens is 1. The second kappa shape index (κ2) is 9.61. The van der Waals surface area contributed by atoms with Gasteiger partial charge in [-0.3, -0.25) is 9.52 Å². The molecule has 3 aromatic rings. The smallest absolute Gasteiger partial charge is 0.261 e. The molecular formula is C23H23FN2O4S. The summed E-state index contributed by atoms with van der Waals surface area (Å²) in [7, 11) is -2.24. The minimum atomic E-state index is -3.83. The zero-order valence-corrected chi connectivity index (χ0v) is 17.9. The summed E-state index contributed by atoms with van der Waals surface area (Å²) in [6, 6.07) is 18.3. The summed E-state index contributed by atoms with van der Waals surface area (Å²) >= 11 is 0. The lowest BCUT2D eigenvalue weighted by molar-refractivity contribution is -0.121. The molecule has 3 aromatic carbocycles. The Kier molecular flexibility index (Phi) is 6.91. The van der Waals surface area contributed by atoms with Crippen molar-refractivity contribution in [3.05, 3.63) is 89.7 Å². The van der Waals surface area contributed by atoms with Gasteiger partial charge in [-0.15, -0.1) is 0 Å². The number of carbonyl (C=O) groups excluding carboxylic acids is 1. The van der Waals surface area contributed by atoms with Gasteiger partial charge in [0.15, 0.2) is 0 Å². The van der Waals surface area contributed by atoms with Crippen molar-refractivity contribution in [2.24, 2.45) is 0 Å². The molecular weight excluding hydrogens is 419 g/mol. The molecule has 0 heterocycles. The molecule has 8 heteroatoms. The van der Waals surface area contributed by atoms with E-state index in [1.165, 1.54) is 12.1 Å². The number of rotatable bonds is 8. The van der Waals surface area contributed by atoms with Crippen molar-refractivity contribution >= 4 is 21.6 Å². The van der Waals surface area contributed by atoms with Crippen LogP contribution in [0.1, 0.15) is 24.1 Å². The van der Waals surface area contributed by atoms with Gasteiger partial charge >= 0.3 is 0 Å². The Balaban J connectivity index is 1.61. The van der Waals surface area contributed by atoms with E-state index in [0.717, 1.165) is 23.3 Å². The van der Waals surface area contributed by atoms with E-state index in [1.54, 1.807) is 31.4 Å². The van der Waals surface area contributed by atoms with Gasteiger partial charge in [0.25, 0.3) is 10.0 Å². The van der Waals surface area contributed by atoms with Crippen molar-refractivity contribution in [1.82, 2.24) is 5.32 Å². The Morgan fingerprint density at radius 2 is 1.65 bits per heavy atom. The van der Waals surface area contributed by atoms with Crippen LogP contribution in [-0.2, 0) is 21.2 Å². The number of nitrogens with one attached hydrogen (secondary N) is 2. The summed E-state index contributed by atoms with van der Waals surface area (Å²) < 4.78 is 45.5. The van der Waals surface area contributed by atoms with E-state index in [0.29, 0.717) is 11.4 Å². The van der Waals surface area contributed by atoms with Crippen molar-refractivity contribution in [1.29, 1.82) is 0 Å². The van der Waals surface area contributed by atoms with Gasteiger partial charge in [-0.2, -0.15) is 0 Å². The summed E-state index contributed by atoms with van der Waals surface area (Å²) in [4.78, 5) is 12.4. The molecule has 0 bridgehead atoms. The topological polar surface area (TPSA) is 84.5 Å². The number of amides is 1. The third-order valence-electron chi connectivity index (χ3n) is 4.68. The van der Waals surface area contributed by atoms with Crippen molar-refractivity contribution in [3.63, 3.8) is 0 Å². The second-order valence-corrected chi connectivity index (χ2v) is 8.65. The number of ether oxygens (including phenoxy) is 1. The number of benzene rings is 3. The van der Waals surface area contributed by atoms with Crippen molar-refractivity contribution in [2.45, 2.75) is 24.3 Å². The molecule has 31 heavy (non-hydrogen) atoms. The minimum absolute atomic E-state index is 0.0392. The monoisotopic (exact) mass is 442 g/mol. The maximum atomic E-state index is 13.0. The molecule has 1 amide bonds. The molecule has 162 valence electrons. The summed E-state index contributed by atoms with van der Waals surface area (Å²) in [6.07, 6.45) is 0.143. The van der Waals surface area contributed by atoms with Crippen LogP contribution in [-0.4, -0.2) is 21.4 Å². The molecule has 0 unspecified atom stereocenters. The molecule has 0 saturated carbocycles. The van der Waals surface area contributed by atoms with E-state index in [2.05, 4.69) is 10.0 Å². The standard InChI is InChI=1S/C23H23FN2O4S/c1-16(21-5-3-4-6-22(21)30-2)25-23(27)15-17-7-11-19(12-8-17)26-31(28,29)20-13-9-18(24)10-14-20/h3-14,16,26H,15H2,1-2H3,(H,25,27)/t16-/m0/s1. The van der Waals surface area contributed by atoms with Gasteiger partial charge in [-0.1, -0.05) is 30.3 Å². The summed E-state index contributed by atoms with van der Waals surface area (Å²) in [5.41, 5.74) is 1.95. The first-order valence-electron chi connectivity index (χ1n) is 9.58. The van der Waals surface area contributed by atoms with Crippen LogP contribution in [0.2, 0.25) is 0 Å². The zero-order chi connectivity index (χ0) is 22.4. The van der Waals surface area contributed by atoms with Crippen LogP contribution >= 0.6 is 0 Å². The second-order valence-electron chi connectivity index (χ2n) is 6.96. The average molecular weight is 443 g/mol. The van der Waals surface area contributed by atoms with Gasteiger partial charge in [-0.25, -0.2) is 12.8 Å². The first-order chi connectivity index (χ1) is 14.8. The molecule has 1 atom stereocenters. The Labute approximate surface area is 181 Å². The molecule has 2 N–H and O–H groups in total. The van der Waals surface area contributed by atoms with Gasteiger partial charge in [0.1, 0.15) is 11.6 Å². The lowest BCUT2D eigenvalue weighted by atomic mass is 10.1. The number of carbonyl (C=O) groups is 1. The van der Waals surface area contributed by atoms with E-state index >= 15 is 0 Å². The Hall–Kier alpha value is -3.39. The fraction of sp³-hybridized carbons (Fsp3) is 0.174. The van der Waals surface area contributed by atoms with E-state index in [9.17, 15) is 17.6 Å². The third-order valence-corrected chi connectivity index (χ3v) is 6.07. The highest BCUT2D eigenvalue weighted by molar-refractivity contribution is 7.92. The first kappa shape index (κ1) is 22.3.